The Balaban J connectivity index is 1.90. The molecule has 12 heteroatoms. The molecule has 0 spiro atoms. The lowest BCUT2D eigenvalue weighted by atomic mass is 9.99. The fraction of sp³-hybridized carbons (Fsp3) is 0.357. The number of carbonyl (C=O) groups is 3. The molecule has 5 N–H and O–H groups in total. The van der Waals surface area contributed by atoms with Crippen LogP contribution in [0.2, 0.25) is 0 Å². The largest absolute Gasteiger partial charge is 0.493 e. The second-order valence-corrected chi connectivity index (χ2v) is 10.2. The van der Waals surface area contributed by atoms with Crippen LogP contribution in [0.25, 0.3) is 0 Å². The maximum Gasteiger partial charge on any atom is 0.273 e. The lowest BCUT2D eigenvalue weighted by molar-refractivity contribution is -0.123. The van der Waals surface area contributed by atoms with Crippen molar-refractivity contribution >= 4 is 40.6 Å². The Morgan fingerprint density at radius 1 is 1.18 bits per heavy atom. The number of hydrogen-bond donors (Lipinski definition) is 3. The van der Waals surface area contributed by atoms with Crippen LogP contribution in [0.3, 0.4) is 0 Å². The molecule has 40 heavy (non-hydrogen) atoms. The summed E-state index contributed by atoms with van der Waals surface area (Å²) in [5.74, 6) is -1.04. The van der Waals surface area contributed by atoms with Crippen molar-refractivity contribution in [2.45, 2.75) is 38.8 Å². The van der Waals surface area contributed by atoms with Crippen molar-refractivity contribution in [2.24, 2.45) is 5.73 Å². The number of nitrogens with one attached hydrogen (secondary N) is 1. The Kier molecular flexibility index (Phi) is 8.90. The molecule has 1 aliphatic heterocycles. The topological polar surface area (TPSA) is 159 Å². The summed E-state index contributed by atoms with van der Waals surface area (Å²) >= 11 is 0.754. The molecule has 3 aromatic rings. The highest BCUT2D eigenvalue weighted by Crippen LogP contribution is 2.38. The highest BCUT2D eigenvalue weighted by atomic mass is 32.1. The number of nitrogens with zero attached hydrogens (tertiary/aromatic N) is 2. The third-order valence-corrected chi connectivity index (χ3v) is 7.82. The van der Waals surface area contributed by atoms with E-state index >= 15 is 0 Å². The molecule has 0 bridgehead atoms. The van der Waals surface area contributed by atoms with Crippen LogP contribution in [-0.2, 0) is 9.53 Å². The number of aromatic nitrogens is 1. The normalized spacial score (nSPS) is 15.3. The van der Waals surface area contributed by atoms with Gasteiger partial charge in [0, 0.05) is 18.8 Å². The monoisotopic (exact) mass is 567 g/mol. The molecule has 1 aromatic heterocycles. The Bertz CT molecular complexity index is 1420. The highest BCUT2D eigenvalue weighted by Gasteiger charge is 2.37. The standard InChI is InChI=1S/C28H33N5O6S/c1-15-7-5-9-19(16(15)2)33(28(36)25-22(29)23(26(30)34)32-40-25)24(27(35)31-14-18-8-6-12-39-18)17-10-11-20(37-3)21(13-17)38-4/h5,7,9-11,13,18,24H,6,8,12,14,29H2,1-4H3,(H2,30,34)(H,31,35)/t18-,24-/m0/s1. The SMILES string of the molecule is COc1ccc([C@@H](C(=O)NC[C@@H]2CCCO2)N(C(=O)c2snc(C(N)=O)c2N)c2cccc(C)c2C)cc1OC. The number of aryl methyl sites for hydroxylation is 1. The zero-order valence-corrected chi connectivity index (χ0v) is 23.7. The van der Waals surface area contributed by atoms with Gasteiger partial charge in [-0.25, -0.2) is 0 Å². The van der Waals surface area contributed by atoms with Crippen LogP contribution in [0.1, 0.15) is 55.7 Å². The van der Waals surface area contributed by atoms with E-state index in [1.807, 2.05) is 19.9 Å². The first-order valence-electron chi connectivity index (χ1n) is 12.7. The molecule has 1 saturated heterocycles. The maximum absolute atomic E-state index is 14.3. The second-order valence-electron chi connectivity index (χ2n) is 9.43. The Hall–Kier alpha value is -4.16. The summed E-state index contributed by atoms with van der Waals surface area (Å²) < 4.78 is 20.6. The van der Waals surface area contributed by atoms with Crippen molar-refractivity contribution in [2.75, 3.05) is 38.0 Å². The Morgan fingerprint density at radius 2 is 1.93 bits per heavy atom. The van der Waals surface area contributed by atoms with E-state index in [1.165, 1.54) is 19.1 Å². The molecule has 3 amide bonds. The van der Waals surface area contributed by atoms with E-state index in [2.05, 4.69) is 9.69 Å². The highest BCUT2D eigenvalue weighted by molar-refractivity contribution is 7.09. The molecule has 4 rings (SSSR count). The van der Waals surface area contributed by atoms with Gasteiger partial charge in [-0.3, -0.25) is 19.3 Å². The van der Waals surface area contributed by atoms with Gasteiger partial charge in [0.05, 0.1) is 26.0 Å². The molecule has 0 saturated carbocycles. The third-order valence-electron chi connectivity index (χ3n) is 6.97. The number of ether oxygens (including phenoxy) is 3. The van der Waals surface area contributed by atoms with E-state index in [9.17, 15) is 14.4 Å². The van der Waals surface area contributed by atoms with Gasteiger partial charge in [0.1, 0.15) is 10.9 Å². The van der Waals surface area contributed by atoms with Gasteiger partial charge < -0.3 is 31.0 Å². The number of anilines is 2. The predicted molar refractivity (Wildman–Crippen MR) is 152 cm³/mol. The number of primary amides is 1. The molecule has 212 valence electrons. The van der Waals surface area contributed by atoms with Crippen LogP contribution in [0.5, 0.6) is 11.5 Å². The fourth-order valence-corrected chi connectivity index (χ4v) is 5.40. The average molecular weight is 568 g/mol. The van der Waals surface area contributed by atoms with E-state index in [0.717, 1.165) is 35.5 Å². The molecule has 2 atom stereocenters. The number of rotatable bonds is 10. The molecule has 0 radical (unpaired) electrons. The number of benzene rings is 2. The number of nitrogen functional groups attached to an aromatic ring is 1. The van der Waals surface area contributed by atoms with Crippen LogP contribution in [0.15, 0.2) is 36.4 Å². The van der Waals surface area contributed by atoms with Crippen molar-refractivity contribution in [3.63, 3.8) is 0 Å². The summed E-state index contributed by atoms with van der Waals surface area (Å²) in [6, 6.07) is 9.35. The molecule has 0 aliphatic carbocycles. The van der Waals surface area contributed by atoms with Crippen molar-refractivity contribution in [1.29, 1.82) is 0 Å². The van der Waals surface area contributed by atoms with Crippen LogP contribution in [0, 0.1) is 13.8 Å². The van der Waals surface area contributed by atoms with Crippen molar-refractivity contribution in [3.8, 4) is 11.5 Å². The first-order valence-corrected chi connectivity index (χ1v) is 13.5. The molecular formula is C28H33N5O6S. The number of hydrogen-bond acceptors (Lipinski definition) is 9. The molecule has 0 unspecified atom stereocenters. The summed E-state index contributed by atoms with van der Waals surface area (Å²) in [5.41, 5.74) is 13.9. The van der Waals surface area contributed by atoms with Gasteiger partial charge in [-0.15, -0.1) is 0 Å². The quantitative estimate of drug-likeness (QED) is 0.337. The van der Waals surface area contributed by atoms with Gasteiger partial charge >= 0.3 is 0 Å². The van der Waals surface area contributed by atoms with Crippen LogP contribution in [0.4, 0.5) is 11.4 Å². The molecule has 1 fully saturated rings. The molecular weight excluding hydrogens is 534 g/mol. The second kappa shape index (κ2) is 12.3. The zero-order chi connectivity index (χ0) is 29.0. The summed E-state index contributed by atoms with van der Waals surface area (Å²) in [6.07, 6.45) is 1.63. The molecule has 1 aliphatic rings. The predicted octanol–water partition coefficient (Wildman–Crippen LogP) is 3.14. The minimum absolute atomic E-state index is 0.00731. The van der Waals surface area contributed by atoms with E-state index < -0.39 is 23.8 Å². The molecule has 11 nitrogen and oxygen atoms in total. The van der Waals surface area contributed by atoms with Gasteiger partial charge in [-0.05, 0) is 73.1 Å². The first kappa shape index (κ1) is 28.8. The van der Waals surface area contributed by atoms with Crippen LogP contribution < -0.4 is 31.2 Å². The zero-order valence-electron chi connectivity index (χ0n) is 22.9. The number of carbonyl (C=O) groups excluding carboxylic acids is 3. The van der Waals surface area contributed by atoms with E-state index in [1.54, 1.807) is 30.3 Å². The first-order chi connectivity index (χ1) is 19.2. The van der Waals surface area contributed by atoms with E-state index in [-0.39, 0.29) is 28.9 Å². The van der Waals surface area contributed by atoms with Gasteiger partial charge in [-0.1, -0.05) is 18.2 Å². The van der Waals surface area contributed by atoms with Crippen molar-refractivity contribution in [1.82, 2.24) is 9.69 Å². The third kappa shape index (κ3) is 5.73. The van der Waals surface area contributed by atoms with Gasteiger partial charge in [0.2, 0.25) is 5.91 Å². The van der Waals surface area contributed by atoms with Crippen LogP contribution in [-0.4, -0.2) is 55.6 Å². The van der Waals surface area contributed by atoms with Crippen molar-refractivity contribution in [3.05, 3.63) is 63.7 Å². The summed E-state index contributed by atoms with van der Waals surface area (Å²) in [6.45, 7) is 4.70. The number of nitrogens with two attached hydrogens (primary N) is 2. The number of amides is 3. The van der Waals surface area contributed by atoms with Gasteiger partial charge in [-0.2, -0.15) is 4.37 Å². The Morgan fingerprint density at radius 3 is 2.55 bits per heavy atom. The lowest BCUT2D eigenvalue weighted by Crippen LogP contribution is -2.46. The minimum atomic E-state index is -1.16. The fourth-order valence-electron chi connectivity index (χ4n) is 4.66. The maximum atomic E-state index is 14.3. The number of methoxy groups -OCH3 is 2. The van der Waals surface area contributed by atoms with E-state index in [0.29, 0.717) is 29.4 Å². The molecule has 2 heterocycles. The Labute approximate surface area is 236 Å². The summed E-state index contributed by atoms with van der Waals surface area (Å²) in [7, 11) is 3.00. The lowest BCUT2D eigenvalue weighted by Gasteiger charge is -2.33. The van der Waals surface area contributed by atoms with Gasteiger partial charge in [0.15, 0.2) is 17.2 Å². The van der Waals surface area contributed by atoms with Crippen LogP contribution >= 0.6 is 11.5 Å². The summed E-state index contributed by atoms with van der Waals surface area (Å²) in [4.78, 5) is 41.6. The van der Waals surface area contributed by atoms with E-state index in [4.69, 9.17) is 25.7 Å². The smallest absolute Gasteiger partial charge is 0.273 e. The minimum Gasteiger partial charge on any atom is -0.493 e. The average Bonchev–Trinajstić information content (AvgIpc) is 3.61. The summed E-state index contributed by atoms with van der Waals surface area (Å²) in [5, 5.41) is 2.97. The molecule has 2 aromatic carbocycles. The van der Waals surface area contributed by atoms with Gasteiger partial charge in [0.25, 0.3) is 11.8 Å². The van der Waals surface area contributed by atoms with Crippen molar-refractivity contribution < 1.29 is 28.6 Å².